The minimum absolute atomic E-state index is 0.0796. The third-order valence-corrected chi connectivity index (χ3v) is 3.68. The van der Waals surface area contributed by atoms with E-state index in [9.17, 15) is 9.59 Å². The van der Waals surface area contributed by atoms with Crippen molar-refractivity contribution < 1.29 is 19.4 Å². The fourth-order valence-electron chi connectivity index (χ4n) is 2.51. The molecule has 1 aromatic carbocycles. The van der Waals surface area contributed by atoms with E-state index in [4.69, 9.17) is 21.3 Å². The number of aromatic nitrogens is 3. The van der Waals surface area contributed by atoms with Crippen LogP contribution >= 0.6 is 0 Å². The standard InChI is InChI=1S/C17H16N6O4.C2H6/c1-9-6-10(2-4-12(9)22-17(18)19)16(26)27-13-5-3-11(7-14(24)25)23-15(13)20-8-21-23;1-2/h2-6,8H,7H2,1H3,(H,24,25)(H4,18,19,22);1-2H3. The number of guanidine groups is 1. The van der Waals surface area contributed by atoms with Crippen LogP contribution in [0, 0.1) is 6.92 Å². The molecule has 0 aliphatic heterocycles. The van der Waals surface area contributed by atoms with Crippen LogP contribution in [0.25, 0.3) is 5.65 Å². The van der Waals surface area contributed by atoms with Crippen LogP contribution in [-0.2, 0) is 11.2 Å². The highest BCUT2D eigenvalue weighted by molar-refractivity contribution is 5.92. The first-order valence-corrected chi connectivity index (χ1v) is 8.81. The van der Waals surface area contributed by atoms with Gasteiger partial charge >= 0.3 is 11.9 Å². The molecule has 29 heavy (non-hydrogen) atoms. The second kappa shape index (κ2) is 9.31. The van der Waals surface area contributed by atoms with E-state index in [-0.39, 0.29) is 23.8 Å². The molecule has 3 aromatic rings. The van der Waals surface area contributed by atoms with Gasteiger partial charge in [-0.2, -0.15) is 5.10 Å². The summed E-state index contributed by atoms with van der Waals surface area (Å²) < 4.78 is 6.74. The summed E-state index contributed by atoms with van der Waals surface area (Å²) in [5.41, 5.74) is 12.9. The summed E-state index contributed by atoms with van der Waals surface area (Å²) in [6.07, 6.45) is 1.02. The Morgan fingerprint density at radius 1 is 1.21 bits per heavy atom. The van der Waals surface area contributed by atoms with Crippen LogP contribution in [0.2, 0.25) is 0 Å². The molecular formula is C19H22N6O4. The number of benzene rings is 1. The van der Waals surface area contributed by atoms with Gasteiger partial charge in [0, 0.05) is 0 Å². The number of carboxylic acid groups (broad SMARTS) is 1. The zero-order chi connectivity index (χ0) is 21.6. The molecule has 10 nitrogen and oxygen atoms in total. The predicted molar refractivity (Wildman–Crippen MR) is 107 cm³/mol. The van der Waals surface area contributed by atoms with Crippen LogP contribution < -0.4 is 16.2 Å². The van der Waals surface area contributed by atoms with Crippen molar-refractivity contribution in [3.8, 4) is 5.75 Å². The van der Waals surface area contributed by atoms with Gasteiger partial charge in [0.1, 0.15) is 6.33 Å². The molecule has 0 unspecified atom stereocenters. The van der Waals surface area contributed by atoms with Gasteiger partial charge in [0.15, 0.2) is 17.4 Å². The van der Waals surface area contributed by atoms with Crippen molar-refractivity contribution in [2.45, 2.75) is 27.2 Å². The lowest BCUT2D eigenvalue weighted by Crippen LogP contribution is -2.22. The number of nitrogens with zero attached hydrogens (tertiary/aromatic N) is 4. The maximum Gasteiger partial charge on any atom is 0.343 e. The van der Waals surface area contributed by atoms with Gasteiger partial charge in [0.05, 0.1) is 23.4 Å². The number of carbonyl (C=O) groups is 2. The van der Waals surface area contributed by atoms with Gasteiger partial charge in [-0.05, 0) is 42.8 Å². The Hall–Kier alpha value is -3.95. The molecule has 0 bridgehead atoms. The minimum Gasteiger partial charge on any atom is -0.481 e. The Morgan fingerprint density at radius 3 is 2.55 bits per heavy atom. The molecule has 0 saturated heterocycles. The number of aliphatic carboxylic acids is 1. The summed E-state index contributed by atoms with van der Waals surface area (Å²) in [4.78, 5) is 31.4. The summed E-state index contributed by atoms with van der Waals surface area (Å²) in [6.45, 7) is 5.76. The minimum atomic E-state index is -1.01. The molecule has 0 fully saturated rings. The van der Waals surface area contributed by atoms with E-state index in [2.05, 4.69) is 15.1 Å². The molecule has 0 saturated carbocycles. The molecule has 0 spiro atoms. The average Bonchev–Trinajstić information content (AvgIpc) is 3.17. The number of nitrogens with two attached hydrogens (primary N) is 2. The van der Waals surface area contributed by atoms with E-state index in [0.29, 0.717) is 22.5 Å². The number of hydrogen-bond acceptors (Lipinski definition) is 6. The quantitative estimate of drug-likeness (QED) is 0.333. The maximum atomic E-state index is 12.5. The Balaban J connectivity index is 0.00000145. The van der Waals surface area contributed by atoms with Gasteiger partial charge in [0.2, 0.25) is 0 Å². The van der Waals surface area contributed by atoms with E-state index in [0.717, 1.165) is 0 Å². The van der Waals surface area contributed by atoms with Crippen LogP contribution in [0.5, 0.6) is 5.75 Å². The van der Waals surface area contributed by atoms with Gasteiger partial charge in [-0.1, -0.05) is 13.8 Å². The van der Waals surface area contributed by atoms with Crippen molar-refractivity contribution >= 4 is 29.2 Å². The third-order valence-electron chi connectivity index (χ3n) is 3.68. The number of esters is 1. The summed E-state index contributed by atoms with van der Waals surface area (Å²) in [6, 6.07) is 7.75. The number of fused-ring (bicyclic) bond motifs is 1. The van der Waals surface area contributed by atoms with Gasteiger partial charge in [-0.25, -0.2) is 19.3 Å². The Bertz CT molecular complexity index is 1070. The normalized spacial score (nSPS) is 10.0. The van der Waals surface area contributed by atoms with Crippen LogP contribution in [-0.4, -0.2) is 37.6 Å². The SMILES string of the molecule is CC.Cc1cc(C(=O)Oc2ccc(CC(=O)O)n3ncnc23)ccc1N=C(N)N. The molecule has 152 valence electrons. The first kappa shape index (κ1) is 21.4. The lowest BCUT2D eigenvalue weighted by molar-refractivity contribution is -0.136. The van der Waals surface area contributed by atoms with Crippen LogP contribution in [0.4, 0.5) is 5.69 Å². The topological polar surface area (TPSA) is 158 Å². The first-order valence-electron chi connectivity index (χ1n) is 8.81. The number of rotatable bonds is 5. The number of carboxylic acids is 1. The van der Waals surface area contributed by atoms with E-state index < -0.39 is 11.9 Å². The van der Waals surface area contributed by atoms with Crippen molar-refractivity contribution in [2.24, 2.45) is 16.5 Å². The van der Waals surface area contributed by atoms with E-state index in [1.165, 1.54) is 29.0 Å². The number of aliphatic imine (C=N–C) groups is 1. The molecule has 10 heteroatoms. The molecule has 3 rings (SSSR count). The molecule has 5 N–H and O–H groups in total. The van der Waals surface area contributed by atoms with Gasteiger partial charge in [-0.15, -0.1) is 0 Å². The van der Waals surface area contributed by atoms with Crippen molar-refractivity contribution in [1.82, 2.24) is 14.6 Å². The van der Waals surface area contributed by atoms with Crippen molar-refractivity contribution in [3.63, 3.8) is 0 Å². The Labute approximate surface area is 166 Å². The van der Waals surface area contributed by atoms with Crippen molar-refractivity contribution in [2.75, 3.05) is 0 Å². The van der Waals surface area contributed by atoms with E-state index >= 15 is 0 Å². The Kier molecular flexibility index (Phi) is 6.85. The highest BCUT2D eigenvalue weighted by Gasteiger charge is 2.16. The average molecular weight is 398 g/mol. The van der Waals surface area contributed by atoms with Crippen LogP contribution in [0.1, 0.15) is 35.5 Å². The third kappa shape index (κ3) is 5.06. The Morgan fingerprint density at radius 2 is 1.93 bits per heavy atom. The van der Waals surface area contributed by atoms with Crippen LogP contribution in [0.3, 0.4) is 0 Å². The molecule has 0 aliphatic carbocycles. The number of carbonyl (C=O) groups excluding carboxylic acids is 1. The van der Waals surface area contributed by atoms with Gasteiger partial charge in [0.25, 0.3) is 0 Å². The van der Waals surface area contributed by atoms with E-state index in [1.54, 1.807) is 19.1 Å². The molecule has 2 aromatic heterocycles. The summed E-state index contributed by atoms with van der Waals surface area (Å²) in [5.74, 6) is -1.53. The maximum absolute atomic E-state index is 12.5. The fourth-order valence-corrected chi connectivity index (χ4v) is 2.51. The molecule has 0 atom stereocenters. The van der Waals surface area contributed by atoms with Crippen molar-refractivity contribution in [3.05, 3.63) is 53.5 Å². The second-order valence-corrected chi connectivity index (χ2v) is 5.68. The number of pyridine rings is 1. The molecule has 0 aliphatic rings. The molecular weight excluding hydrogens is 376 g/mol. The summed E-state index contributed by atoms with van der Waals surface area (Å²) in [5, 5.41) is 12.9. The first-order chi connectivity index (χ1) is 13.8. The second-order valence-electron chi connectivity index (χ2n) is 5.68. The summed E-state index contributed by atoms with van der Waals surface area (Å²) in [7, 11) is 0. The predicted octanol–water partition coefficient (Wildman–Crippen LogP) is 1.82. The number of aryl methyl sites for hydroxylation is 1. The summed E-state index contributed by atoms with van der Waals surface area (Å²) >= 11 is 0. The van der Waals surface area contributed by atoms with E-state index in [1.807, 2.05) is 13.8 Å². The zero-order valence-electron chi connectivity index (χ0n) is 16.3. The van der Waals surface area contributed by atoms with Crippen LogP contribution in [0.15, 0.2) is 41.7 Å². The van der Waals surface area contributed by atoms with Gasteiger partial charge < -0.3 is 21.3 Å². The smallest absolute Gasteiger partial charge is 0.343 e. The lowest BCUT2D eigenvalue weighted by Gasteiger charge is -2.09. The number of ether oxygens (including phenoxy) is 1. The zero-order valence-corrected chi connectivity index (χ0v) is 16.3. The largest absolute Gasteiger partial charge is 0.481 e. The lowest BCUT2D eigenvalue weighted by atomic mass is 10.1. The van der Waals surface area contributed by atoms with Gasteiger partial charge in [-0.3, -0.25) is 4.79 Å². The monoisotopic (exact) mass is 398 g/mol. The number of hydrogen-bond donors (Lipinski definition) is 3. The molecule has 2 heterocycles. The fraction of sp³-hybridized carbons (Fsp3) is 0.211. The van der Waals surface area contributed by atoms with Crippen molar-refractivity contribution in [1.29, 1.82) is 0 Å². The highest BCUT2D eigenvalue weighted by Crippen LogP contribution is 2.23. The molecule has 0 amide bonds. The molecule has 0 radical (unpaired) electrons. The highest BCUT2D eigenvalue weighted by atomic mass is 16.5.